The third-order valence-electron chi connectivity index (χ3n) is 3.22. The molecule has 23 heavy (non-hydrogen) atoms. The lowest BCUT2D eigenvalue weighted by atomic mass is 10.2. The fourth-order valence-corrected chi connectivity index (χ4v) is 2.14. The molecule has 1 aromatic rings. The molecule has 0 aliphatic carbocycles. The van der Waals surface area contributed by atoms with E-state index in [0.717, 1.165) is 0 Å². The summed E-state index contributed by atoms with van der Waals surface area (Å²) < 4.78 is 33.7. The molecule has 7 heteroatoms. The number of alkyl halides is 2. The van der Waals surface area contributed by atoms with E-state index in [1.54, 1.807) is 30.3 Å². The second-order valence-electron chi connectivity index (χ2n) is 4.75. The largest absolute Gasteiger partial charge is 0.435 e. The Bertz CT molecular complexity index is 749. The van der Waals surface area contributed by atoms with Crippen molar-refractivity contribution in [2.24, 2.45) is 4.99 Å². The third kappa shape index (κ3) is 3.13. The van der Waals surface area contributed by atoms with E-state index < -0.39 is 12.6 Å². The lowest BCUT2D eigenvalue weighted by Crippen LogP contribution is -2.15. The molecule has 0 atom stereocenters. The molecule has 0 N–H and O–H groups in total. The van der Waals surface area contributed by atoms with Crippen molar-refractivity contribution in [3.05, 3.63) is 65.7 Å². The zero-order valence-electron chi connectivity index (χ0n) is 12.1. The number of carbonyl (C=O) groups excluding carboxylic acids is 1. The maximum Gasteiger partial charge on any atom is 0.387 e. The van der Waals surface area contributed by atoms with Gasteiger partial charge in [-0.15, -0.1) is 0 Å². The Labute approximate surface area is 130 Å². The van der Waals surface area contributed by atoms with Gasteiger partial charge < -0.3 is 14.4 Å². The van der Waals surface area contributed by atoms with Crippen LogP contribution in [-0.4, -0.2) is 30.4 Å². The number of cyclic esters (lactones) is 1. The Hall–Kier alpha value is -2.96. The summed E-state index contributed by atoms with van der Waals surface area (Å²) in [6.45, 7) is -2.89. The second kappa shape index (κ2) is 6.04. The van der Waals surface area contributed by atoms with Crippen molar-refractivity contribution in [2.75, 3.05) is 7.05 Å². The lowest BCUT2D eigenvalue weighted by molar-refractivity contribution is -0.130. The highest BCUT2D eigenvalue weighted by Gasteiger charge is 2.28. The zero-order chi connectivity index (χ0) is 16.4. The molecule has 1 aromatic carbocycles. The summed E-state index contributed by atoms with van der Waals surface area (Å²) in [5.74, 6) is -0.417. The van der Waals surface area contributed by atoms with Gasteiger partial charge in [0.25, 0.3) is 0 Å². The minimum Gasteiger partial charge on any atom is -0.435 e. The number of nitrogens with zero attached hydrogens (tertiary/aromatic N) is 2. The quantitative estimate of drug-likeness (QED) is 0.635. The van der Waals surface area contributed by atoms with E-state index in [1.807, 2.05) is 6.08 Å². The standard InChI is InChI=1S/C16H12F2N2O3/c1-20-9-3-2-4-12(20)13-15(21)23-14(19-13)10-5-7-11(8-6-10)22-16(17)18/h2-9,16H,1H3/b13-12-. The highest BCUT2D eigenvalue weighted by molar-refractivity contribution is 6.11. The molecule has 2 aliphatic rings. The highest BCUT2D eigenvalue weighted by Crippen LogP contribution is 2.24. The fraction of sp³-hybridized carbons (Fsp3) is 0.125. The molecule has 2 heterocycles. The topological polar surface area (TPSA) is 51.1 Å². The molecule has 2 aliphatic heterocycles. The number of aliphatic imine (C=N–C) groups is 1. The monoisotopic (exact) mass is 318 g/mol. The van der Waals surface area contributed by atoms with Gasteiger partial charge in [0.1, 0.15) is 5.75 Å². The minimum absolute atomic E-state index is 0.0207. The van der Waals surface area contributed by atoms with Crippen molar-refractivity contribution < 1.29 is 23.0 Å². The number of halogens is 2. The van der Waals surface area contributed by atoms with Crippen molar-refractivity contribution >= 4 is 11.9 Å². The first-order valence-electron chi connectivity index (χ1n) is 6.72. The number of esters is 1. The van der Waals surface area contributed by atoms with Crippen molar-refractivity contribution in [3.8, 4) is 5.75 Å². The van der Waals surface area contributed by atoms with Gasteiger partial charge in [-0.1, -0.05) is 6.08 Å². The van der Waals surface area contributed by atoms with Gasteiger partial charge in [0, 0.05) is 18.8 Å². The first-order chi connectivity index (χ1) is 11.0. The van der Waals surface area contributed by atoms with Crippen molar-refractivity contribution in [3.63, 3.8) is 0 Å². The first kappa shape index (κ1) is 15.0. The summed E-state index contributed by atoms with van der Waals surface area (Å²) in [6, 6.07) is 5.71. The molecular formula is C16H12F2N2O3. The zero-order valence-corrected chi connectivity index (χ0v) is 12.1. The number of likely N-dealkylation sites (N-methyl/N-ethyl adjacent to an activating group) is 1. The van der Waals surface area contributed by atoms with Gasteiger partial charge in [-0.25, -0.2) is 9.79 Å². The van der Waals surface area contributed by atoms with E-state index in [0.29, 0.717) is 11.3 Å². The molecule has 0 unspecified atom stereocenters. The predicted octanol–water partition coefficient (Wildman–Crippen LogP) is 2.82. The molecular weight excluding hydrogens is 306 g/mol. The molecule has 0 saturated carbocycles. The van der Waals surface area contributed by atoms with Gasteiger partial charge >= 0.3 is 12.6 Å². The van der Waals surface area contributed by atoms with Crippen LogP contribution in [0.25, 0.3) is 0 Å². The Morgan fingerprint density at radius 1 is 1.22 bits per heavy atom. The van der Waals surface area contributed by atoms with Crippen LogP contribution in [0.1, 0.15) is 5.56 Å². The summed E-state index contributed by atoms with van der Waals surface area (Å²) in [7, 11) is 1.79. The van der Waals surface area contributed by atoms with Crippen molar-refractivity contribution in [1.29, 1.82) is 0 Å². The van der Waals surface area contributed by atoms with Crippen LogP contribution in [0.15, 0.2) is 65.1 Å². The molecule has 0 saturated heterocycles. The summed E-state index contributed by atoms with van der Waals surface area (Å²) in [4.78, 5) is 18.0. The molecule has 5 nitrogen and oxygen atoms in total. The Balaban J connectivity index is 1.88. The van der Waals surface area contributed by atoms with E-state index >= 15 is 0 Å². The van der Waals surface area contributed by atoms with Crippen molar-refractivity contribution in [2.45, 2.75) is 6.61 Å². The number of allylic oxidation sites excluding steroid dienone is 3. The van der Waals surface area contributed by atoms with Gasteiger partial charge in [-0.2, -0.15) is 8.78 Å². The van der Waals surface area contributed by atoms with Crippen LogP contribution in [0, 0.1) is 0 Å². The van der Waals surface area contributed by atoms with E-state index in [-0.39, 0.29) is 17.3 Å². The van der Waals surface area contributed by atoms with E-state index in [9.17, 15) is 13.6 Å². The van der Waals surface area contributed by atoms with Gasteiger partial charge in [0.2, 0.25) is 5.90 Å². The van der Waals surface area contributed by atoms with Gasteiger partial charge in [-0.3, -0.25) is 0 Å². The lowest BCUT2D eigenvalue weighted by Gasteiger charge is -2.17. The molecule has 0 spiro atoms. The van der Waals surface area contributed by atoms with E-state index in [4.69, 9.17) is 4.74 Å². The maximum atomic E-state index is 12.1. The summed E-state index contributed by atoms with van der Waals surface area (Å²) in [5.41, 5.74) is 1.30. The first-order valence-corrected chi connectivity index (χ1v) is 6.72. The van der Waals surface area contributed by atoms with Crippen LogP contribution >= 0.6 is 0 Å². The Morgan fingerprint density at radius 2 is 1.96 bits per heavy atom. The average Bonchev–Trinajstić information content (AvgIpc) is 2.90. The molecule has 0 amide bonds. The van der Waals surface area contributed by atoms with Crippen LogP contribution in [0.5, 0.6) is 5.75 Å². The molecule has 118 valence electrons. The Morgan fingerprint density at radius 3 is 2.61 bits per heavy atom. The summed E-state index contributed by atoms with van der Waals surface area (Å²) in [5, 5.41) is 0. The number of ether oxygens (including phenoxy) is 2. The van der Waals surface area contributed by atoms with Gasteiger partial charge in [0.05, 0.1) is 5.70 Å². The minimum atomic E-state index is -2.89. The number of benzene rings is 1. The molecule has 0 bridgehead atoms. The van der Waals surface area contributed by atoms with E-state index in [1.165, 1.54) is 24.3 Å². The predicted molar refractivity (Wildman–Crippen MR) is 78.8 cm³/mol. The maximum absolute atomic E-state index is 12.1. The number of hydrogen-bond donors (Lipinski definition) is 0. The van der Waals surface area contributed by atoms with Gasteiger partial charge in [0.15, 0.2) is 5.70 Å². The molecule has 0 radical (unpaired) electrons. The summed E-state index contributed by atoms with van der Waals surface area (Å²) >= 11 is 0. The third-order valence-corrected chi connectivity index (χ3v) is 3.22. The second-order valence-corrected chi connectivity index (χ2v) is 4.75. The molecule has 0 fully saturated rings. The smallest absolute Gasteiger partial charge is 0.387 e. The molecule has 3 rings (SSSR count). The van der Waals surface area contributed by atoms with Crippen LogP contribution in [0.3, 0.4) is 0 Å². The van der Waals surface area contributed by atoms with Crippen LogP contribution in [0.4, 0.5) is 8.78 Å². The van der Waals surface area contributed by atoms with E-state index in [2.05, 4.69) is 9.73 Å². The number of rotatable bonds is 3. The number of carbonyl (C=O) groups is 1. The fourth-order valence-electron chi connectivity index (χ4n) is 2.14. The van der Waals surface area contributed by atoms with Crippen LogP contribution < -0.4 is 4.74 Å². The average molecular weight is 318 g/mol. The van der Waals surface area contributed by atoms with Gasteiger partial charge in [-0.05, 0) is 36.4 Å². The normalized spacial score (nSPS) is 20.1. The van der Waals surface area contributed by atoms with Crippen LogP contribution in [-0.2, 0) is 9.53 Å². The van der Waals surface area contributed by atoms with Crippen molar-refractivity contribution in [1.82, 2.24) is 4.90 Å². The Kier molecular flexibility index (Phi) is 3.92. The highest BCUT2D eigenvalue weighted by atomic mass is 19.3. The summed E-state index contributed by atoms with van der Waals surface area (Å²) in [6.07, 6.45) is 7.17. The number of hydrogen-bond acceptors (Lipinski definition) is 5. The van der Waals surface area contributed by atoms with Crippen LogP contribution in [0.2, 0.25) is 0 Å². The SMILES string of the molecule is CN1C=CC=C/C1=C1/N=C(c2ccc(OC(F)F)cc2)OC1=O. The molecule has 0 aromatic heterocycles.